The first-order valence-corrected chi connectivity index (χ1v) is 9.29. The average Bonchev–Trinajstić information content (AvgIpc) is 3.04. The number of hydrogen-bond acceptors (Lipinski definition) is 5. The maximum Gasteiger partial charge on any atom is 0.227 e. The normalized spacial score (nSPS) is 10.6. The number of benzene rings is 1. The minimum atomic E-state index is -0.106. The van der Waals surface area contributed by atoms with E-state index in [1.165, 1.54) is 30.6 Å². The Morgan fingerprint density at radius 1 is 1.25 bits per heavy atom. The van der Waals surface area contributed by atoms with E-state index < -0.39 is 0 Å². The van der Waals surface area contributed by atoms with Gasteiger partial charge >= 0.3 is 0 Å². The van der Waals surface area contributed by atoms with Crippen LogP contribution in [0.3, 0.4) is 0 Å². The van der Waals surface area contributed by atoms with Gasteiger partial charge in [0.2, 0.25) is 5.91 Å². The van der Waals surface area contributed by atoms with Crippen LogP contribution >= 0.6 is 11.3 Å². The second-order valence-electron chi connectivity index (χ2n) is 5.56. The van der Waals surface area contributed by atoms with E-state index in [1.807, 2.05) is 29.6 Å². The van der Waals surface area contributed by atoms with E-state index in [4.69, 9.17) is 10.5 Å². The van der Waals surface area contributed by atoms with Crippen molar-refractivity contribution in [3.05, 3.63) is 29.6 Å². The highest BCUT2D eigenvalue weighted by atomic mass is 32.1. The van der Waals surface area contributed by atoms with Gasteiger partial charge in [-0.2, -0.15) is 0 Å². The predicted octanol–water partition coefficient (Wildman–Crippen LogP) is 4.06. The molecule has 130 valence electrons. The van der Waals surface area contributed by atoms with E-state index in [-0.39, 0.29) is 5.91 Å². The molecule has 0 aliphatic heterocycles. The minimum Gasteiger partial charge on any atom is -0.494 e. The van der Waals surface area contributed by atoms with Crippen LogP contribution in [0, 0.1) is 0 Å². The van der Waals surface area contributed by atoms with Gasteiger partial charge in [0.25, 0.3) is 0 Å². The molecular formula is C18H25N3O2S. The number of anilines is 1. The molecule has 2 rings (SSSR count). The van der Waals surface area contributed by atoms with Crippen molar-refractivity contribution in [3.63, 3.8) is 0 Å². The van der Waals surface area contributed by atoms with E-state index in [2.05, 4.69) is 17.2 Å². The summed E-state index contributed by atoms with van der Waals surface area (Å²) in [5.41, 5.74) is 7.21. The molecule has 0 saturated heterocycles. The molecule has 6 heteroatoms. The summed E-state index contributed by atoms with van der Waals surface area (Å²) in [7, 11) is 0. The van der Waals surface area contributed by atoms with Gasteiger partial charge in [0.1, 0.15) is 5.75 Å². The summed E-state index contributed by atoms with van der Waals surface area (Å²) in [5.74, 6) is 0.771. The summed E-state index contributed by atoms with van der Waals surface area (Å²) in [6.07, 6.45) is 5.10. The third-order valence-corrected chi connectivity index (χ3v) is 4.30. The highest BCUT2D eigenvalue weighted by molar-refractivity contribution is 7.14. The molecule has 24 heavy (non-hydrogen) atoms. The summed E-state index contributed by atoms with van der Waals surface area (Å²) in [6.45, 7) is 3.30. The second kappa shape index (κ2) is 10.1. The molecule has 1 heterocycles. The summed E-state index contributed by atoms with van der Waals surface area (Å²) in [4.78, 5) is 16.0. The molecule has 1 amide bonds. The third kappa shape index (κ3) is 5.94. The zero-order valence-electron chi connectivity index (χ0n) is 14.1. The lowest BCUT2D eigenvalue weighted by Gasteiger charge is -2.06. The molecule has 0 saturated carbocycles. The molecule has 0 spiro atoms. The molecule has 1 aromatic carbocycles. The van der Waals surface area contributed by atoms with Gasteiger partial charge in [-0.15, -0.1) is 11.3 Å². The van der Waals surface area contributed by atoms with Crippen LogP contribution in [0.1, 0.15) is 39.0 Å². The molecule has 1 aromatic heterocycles. The van der Waals surface area contributed by atoms with Gasteiger partial charge in [0.05, 0.1) is 12.3 Å². The number of rotatable bonds is 10. The van der Waals surface area contributed by atoms with Crippen molar-refractivity contribution < 1.29 is 9.53 Å². The standard InChI is InChI=1S/C18H25N3O2S/c1-2-3-4-5-12-23-15-8-6-14(7-9-15)16-13-24-18(20-16)21-17(22)10-11-19/h6-9,13H,2-5,10-12,19H2,1H3,(H,20,21,22). The molecule has 0 bridgehead atoms. The van der Waals surface area contributed by atoms with E-state index in [9.17, 15) is 4.79 Å². The predicted molar refractivity (Wildman–Crippen MR) is 99.5 cm³/mol. The van der Waals surface area contributed by atoms with Crippen molar-refractivity contribution in [2.24, 2.45) is 5.73 Å². The molecular weight excluding hydrogens is 322 g/mol. The van der Waals surface area contributed by atoms with Crippen LogP contribution < -0.4 is 15.8 Å². The van der Waals surface area contributed by atoms with E-state index in [1.54, 1.807) is 0 Å². The first-order chi connectivity index (χ1) is 11.7. The number of unbranched alkanes of at least 4 members (excludes halogenated alkanes) is 3. The van der Waals surface area contributed by atoms with Gasteiger partial charge in [-0.1, -0.05) is 26.2 Å². The maximum absolute atomic E-state index is 11.5. The Bertz CT molecular complexity index is 625. The Balaban J connectivity index is 1.86. The maximum atomic E-state index is 11.5. The number of thiazole rings is 1. The van der Waals surface area contributed by atoms with E-state index in [0.29, 0.717) is 18.1 Å². The number of carbonyl (C=O) groups is 1. The van der Waals surface area contributed by atoms with Gasteiger partial charge < -0.3 is 15.8 Å². The fraction of sp³-hybridized carbons (Fsp3) is 0.444. The zero-order chi connectivity index (χ0) is 17.2. The van der Waals surface area contributed by atoms with Crippen molar-refractivity contribution >= 4 is 22.4 Å². The molecule has 2 aromatic rings. The monoisotopic (exact) mass is 347 g/mol. The van der Waals surface area contributed by atoms with Crippen molar-refractivity contribution in [2.45, 2.75) is 39.0 Å². The first-order valence-electron chi connectivity index (χ1n) is 8.41. The van der Waals surface area contributed by atoms with Gasteiger partial charge in [0, 0.05) is 23.9 Å². The van der Waals surface area contributed by atoms with Crippen LogP contribution in [-0.2, 0) is 4.79 Å². The van der Waals surface area contributed by atoms with Crippen molar-refractivity contribution in [1.82, 2.24) is 4.98 Å². The first kappa shape index (κ1) is 18.4. The number of nitrogens with one attached hydrogen (secondary N) is 1. The lowest BCUT2D eigenvalue weighted by Crippen LogP contribution is -2.15. The van der Waals surface area contributed by atoms with Crippen LogP contribution in [0.5, 0.6) is 5.75 Å². The topological polar surface area (TPSA) is 77.2 Å². The van der Waals surface area contributed by atoms with Crippen LogP contribution in [0.4, 0.5) is 5.13 Å². The summed E-state index contributed by atoms with van der Waals surface area (Å²) in [6, 6.07) is 7.90. The highest BCUT2D eigenvalue weighted by Gasteiger charge is 2.07. The van der Waals surface area contributed by atoms with Crippen molar-refractivity contribution in [3.8, 4) is 17.0 Å². The summed E-state index contributed by atoms with van der Waals surface area (Å²) < 4.78 is 5.74. The average molecular weight is 347 g/mol. The van der Waals surface area contributed by atoms with Crippen LogP contribution in [0.2, 0.25) is 0 Å². The number of amides is 1. The number of hydrogen-bond donors (Lipinski definition) is 2. The molecule has 5 nitrogen and oxygen atoms in total. The number of ether oxygens (including phenoxy) is 1. The Morgan fingerprint density at radius 2 is 2.04 bits per heavy atom. The van der Waals surface area contributed by atoms with Gasteiger partial charge in [-0.3, -0.25) is 4.79 Å². The Kier molecular flexibility index (Phi) is 7.71. The Morgan fingerprint density at radius 3 is 2.75 bits per heavy atom. The fourth-order valence-corrected chi connectivity index (χ4v) is 2.95. The molecule has 0 atom stereocenters. The summed E-state index contributed by atoms with van der Waals surface area (Å²) >= 11 is 1.41. The zero-order valence-corrected chi connectivity index (χ0v) is 14.9. The molecule has 0 unspecified atom stereocenters. The van der Waals surface area contributed by atoms with E-state index in [0.717, 1.165) is 30.0 Å². The molecule has 0 aliphatic rings. The SMILES string of the molecule is CCCCCCOc1ccc(-c2csc(NC(=O)CCN)n2)cc1. The summed E-state index contributed by atoms with van der Waals surface area (Å²) in [5, 5.41) is 5.28. The van der Waals surface area contributed by atoms with Gasteiger partial charge in [0.15, 0.2) is 5.13 Å². The van der Waals surface area contributed by atoms with Crippen molar-refractivity contribution in [2.75, 3.05) is 18.5 Å². The minimum absolute atomic E-state index is 0.106. The number of aromatic nitrogens is 1. The Labute approximate surface area is 147 Å². The second-order valence-corrected chi connectivity index (χ2v) is 6.42. The molecule has 3 N–H and O–H groups in total. The lowest BCUT2D eigenvalue weighted by molar-refractivity contribution is -0.116. The molecule has 0 fully saturated rings. The number of nitrogens with zero attached hydrogens (tertiary/aromatic N) is 1. The van der Waals surface area contributed by atoms with E-state index >= 15 is 0 Å². The number of nitrogens with two attached hydrogens (primary N) is 1. The highest BCUT2D eigenvalue weighted by Crippen LogP contribution is 2.26. The molecule has 0 radical (unpaired) electrons. The number of carbonyl (C=O) groups excluding carboxylic acids is 1. The Hall–Kier alpha value is -1.92. The lowest BCUT2D eigenvalue weighted by atomic mass is 10.2. The van der Waals surface area contributed by atoms with Gasteiger partial charge in [-0.05, 0) is 30.7 Å². The largest absolute Gasteiger partial charge is 0.494 e. The van der Waals surface area contributed by atoms with Crippen LogP contribution in [0.25, 0.3) is 11.3 Å². The smallest absolute Gasteiger partial charge is 0.227 e. The fourth-order valence-electron chi connectivity index (χ4n) is 2.22. The third-order valence-electron chi connectivity index (χ3n) is 3.54. The van der Waals surface area contributed by atoms with Crippen molar-refractivity contribution in [1.29, 1.82) is 0 Å². The van der Waals surface area contributed by atoms with Crippen LogP contribution in [-0.4, -0.2) is 24.0 Å². The quantitative estimate of drug-likeness (QED) is 0.636. The van der Waals surface area contributed by atoms with Crippen LogP contribution in [0.15, 0.2) is 29.6 Å². The molecule has 0 aliphatic carbocycles. The van der Waals surface area contributed by atoms with Gasteiger partial charge in [-0.25, -0.2) is 4.98 Å².